The molecule has 0 aliphatic carbocycles. The van der Waals surface area contributed by atoms with Crippen LogP contribution < -0.4 is 5.56 Å². The van der Waals surface area contributed by atoms with Crippen molar-refractivity contribution in [2.24, 2.45) is 0 Å². The van der Waals surface area contributed by atoms with Crippen LogP contribution in [-0.4, -0.2) is 32.5 Å². The van der Waals surface area contributed by atoms with Crippen molar-refractivity contribution in [3.63, 3.8) is 0 Å². The SMILES string of the molecule is Cc1cc([C@H]2CCCN2C(=O)c2cnc(-c3cccs3)[nH]c2=O)on1. The summed E-state index contributed by atoms with van der Waals surface area (Å²) in [7, 11) is 0. The molecule has 3 aromatic rings. The number of thiophene rings is 1. The molecule has 1 saturated heterocycles. The maximum atomic E-state index is 12.9. The summed E-state index contributed by atoms with van der Waals surface area (Å²) in [5, 5.41) is 5.80. The predicted molar refractivity (Wildman–Crippen MR) is 92.4 cm³/mol. The van der Waals surface area contributed by atoms with Crippen molar-refractivity contribution in [1.82, 2.24) is 20.0 Å². The van der Waals surface area contributed by atoms with E-state index in [9.17, 15) is 9.59 Å². The Morgan fingerprint density at radius 2 is 2.36 bits per heavy atom. The number of rotatable bonds is 3. The molecule has 0 saturated carbocycles. The molecule has 128 valence electrons. The fourth-order valence-corrected chi connectivity index (χ4v) is 3.76. The molecule has 0 radical (unpaired) electrons. The number of nitrogens with zero attached hydrogens (tertiary/aromatic N) is 3. The van der Waals surface area contributed by atoms with Gasteiger partial charge in [-0.2, -0.15) is 0 Å². The lowest BCUT2D eigenvalue weighted by molar-refractivity contribution is 0.0712. The molecule has 1 atom stereocenters. The number of carbonyl (C=O) groups excluding carboxylic acids is 1. The van der Waals surface area contributed by atoms with Crippen LogP contribution in [0.15, 0.2) is 39.1 Å². The fraction of sp³-hybridized carbons (Fsp3) is 0.294. The van der Waals surface area contributed by atoms with Crippen LogP contribution in [0.25, 0.3) is 10.7 Å². The first-order valence-electron chi connectivity index (χ1n) is 8.01. The van der Waals surface area contributed by atoms with E-state index in [0.29, 0.717) is 18.1 Å². The summed E-state index contributed by atoms with van der Waals surface area (Å²) in [6, 6.07) is 5.39. The maximum Gasteiger partial charge on any atom is 0.264 e. The molecule has 25 heavy (non-hydrogen) atoms. The van der Waals surface area contributed by atoms with E-state index in [1.165, 1.54) is 17.5 Å². The van der Waals surface area contributed by atoms with Crippen molar-refractivity contribution in [3.05, 3.63) is 57.1 Å². The zero-order valence-corrected chi connectivity index (χ0v) is 14.4. The highest BCUT2D eigenvalue weighted by atomic mass is 32.1. The standard InChI is InChI=1S/C17H16N4O3S/c1-10-8-13(24-20-10)12-4-2-6-21(12)17(23)11-9-18-15(19-16(11)22)14-5-3-7-25-14/h3,5,7-9,12H,2,4,6H2,1H3,(H,18,19,22)/t12-/m1/s1. The molecule has 4 rings (SSSR count). The maximum absolute atomic E-state index is 12.9. The van der Waals surface area contributed by atoms with Gasteiger partial charge in [-0.3, -0.25) is 9.59 Å². The van der Waals surface area contributed by atoms with E-state index in [0.717, 1.165) is 23.4 Å². The van der Waals surface area contributed by atoms with E-state index in [1.54, 1.807) is 4.90 Å². The predicted octanol–water partition coefficient (Wildman–Crippen LogP) is 2.77. The van der Waals surface area contributed by atoms with Gasteiger partial charge in [-0.1, -0.05) is 11.2 Å². The van der Waals surface area contributed by atoms with Crippen LogP contribution >= 0.6 is 11.3 Å². The number of hydrogen-bond acceptors (Lipinski definition) is 6. The van der Waals surface area contributed by atoms with Crippen LogP contribution in [0.2, 0.25) is 0 Å². The molecule has 1 aliphatic rings. The second kappa shape index (κ2) is 6.29. The molecule has 0 unspecified atom stereocenters. The van der Waals surface area contributed by atoms with E-state index >= 15 is 0 Å². The molecule has 8 heteroatoms. The van der Waals surface area contributed by atoms with Crippen molar-refractivity contribution < 1.29 is 9.32 Å². The zero-order chi connectivity index (χ0) is 17.4. The molecule has 1 amide bonds. The molecule has 0 spiro atoms. The second-order valence-electron chi connectivity index (χ2n) is 5.98. The monoisotopic (exact) mass is 356 g/mol. The summed E-state index contributed by atoms with van der Waals surface area (Å²) in [6.45, 7) is 2.42. The molecular weight excluding hydrogens is 340 g/mol. The number of aromatic amines is 1. The largest absolute Gasteiger partial charge is 0.359 e. The minimum Gasteiger partial charge on any atom is -0.359 e. The number of aromatic nitrogens is 3. The first kappa shape index (κ1) is 15.8. The van der Waals surface area contributed by atoms with E-state index < -0.39 is 5.56 Å². The number of aryl methyl sites for hydroxylation is 1. The molecule has 1 N–H and O–H groups in total. The van der Waals surface area contributed by atoms with Gasteiger partial charge in [-0.15, -0.1) is 11.3 Å². The Labute approximate surface area is 147 Å². The van der Waals surface area contributed by atoms with Crippen molar-refractivity contribution in [2.75, 3.05) is 6.54 Å². The van der Waals surface area contributed by atoms with E-state index in [4.69, 9.17) is 4.52 Å². The van der Waals surface area contributed by atoms with Crippen LogP contribution in [-0.2, 0) is 0 Å². The average Bonchev–Trinajstić information content (AvgIpc) is 3.35. The highest BCUT2D eigenvalue weighted by Crippen LogP contribution is 2.33. The summed E-state index contributed by atoms with van der Waals surface area (Å²) >= 11 is 1.48. The van der Waals surface area contributed by atoms with E-state index in [-0.39, 0.29) is 17.5 Å². The number of hydrogen-bond donors (Lipinski definition) is 1. The molecule has 7 nitrogen and oxygen atoms in total. The first-order valence-corrected chi connectivity index (χ1v) is 8.89. The van der Waals surface area contributed by atoms with Crippen molar-refractivity contribution >= 4 is 17.2 Å². The molecular formula is C17H16N4O3S. The van der Waals surface area contributed by atoms with Crippen LogP contribution in [0.1, 0.15) is 40.7 Å². The summed E-state index contributed by atoms with van der Waals surface area (Å²) in [6.07, 6.45) is 3.00. The Bertz CT molecular complexity index is 960. The van der Waals surface area contributed by atoms with Gasteiger partial charge in [0, 0.05) is 18.8 Å². The molecule has 1 fully saturated rings. The Hall–Kier alpha value is -2.74. The minimum atomic E-state index is -0.428. The molecule has 4 heterocycles. The number of nitrogens with one attached hydrogen (secondary N) is 1. The van der Waals surface area contributed by atoms with E-state index in [1.807, 2.05) is 30.5 Å². The Morgan fingerprint density at radius 1 is 1.48 bits per heavy atom. The average molecular weight is 356 g/mol. The topological polar surface area (TPSA) is 92.1 Å². The summed E-state index contributed by atoms with van der Waals surface area (Å²) in [5.74, 6) is 0.798. The summed E-state index contributed by atoms with van der Waals surface area (Å²) in [5.41, 5.74) is 0.389. The Balaban J connectivity index is 1.63. The lowest BCUT2D eigenvalue weighted by Gasteiger charge is -2.22. The minimum absolute atomic E-state index is 0.0449. The van der Waals surface area contributed by atoms with Gasteiger partial charge in [0.25, 0.3) is 11.5 Å². The quantitative estimate of drug-likeness (QED) is 0.779. The van der Waals surface area contributed by atoms with Gasteiger partial charge in [-0.25, -0.2) is 4.98 Å². The van der Waals surface area contributed by atoms with Gasteiger partial charge in [0.15, 0.2) is 5.76 Å². The van der Waals surface area contributed by atoms with Gasteiger partial charge in [0.05, 0.1) is 16.6 Å². The molecule has 1 aliphatic heterocycles. The lowest BCUT2D eigenvalue weighted by atomic mass is 10.1. The third-order valence-electron chi connectivity index (χ3n) is 4.27. The van der Waals surface area contributed by atoms with Crippen molar-refractivity contribution in [2.45, 2.75) is 25.8 Å². The molecule has 3 aromatic heterocycles. The van der Waals surface area contributed by atoms with Gasteiger partial charge >= 0.3 is 0 Å². The van der Waals surface area contributed by atoms with Gasteiger partial charge in [0.2, 0.25) is 0 Å². The zero-order valence-electron chi connectivity index (χ0n) is 13.6. The number of likely N-dealkylation sites (tertiary alicyclic amines) is 1. The lowest BCUT2D eigenvalue weighted by Crippen LogP contribution is -2.34. The highest BCUT2D eigenvalue weighted by Gasteiger charge is 2.34. The molecule has 0 bridgehead atoms. The van der Waals surface area contributed by atoms with Crippen molar-refractivity contribution in [3.8, 4) is 10.7 Å². The Kier molecular flexibility index (Phi) is 3.96. The van der Waals surface area contributed by atoms with Crippen LogP contribution in [0.4, 0.5) is 0 Å². The van der Waals surface area contributed by atoms with Gasteiger partial charge in [-0.05, 0) is 31.2 Å². The number of H-pyrrole nitrogens is 1. The third kappa shape index (κ3) is 2.89. The summed E-state index contributed by atoms with van der Waals surface area (Å²) in [4.78, 5) is 34.7. The summed E-state index contributed by atoms with van der Waals surface area (Å²) < 4.78 is 5.32. The molecule has 0 aromatic carbocycles. The highest BCUT2D eigenvalue weighted by molar-refractivity contribution is 7.13. The van der Waals surface area contributed by atoms with E-state index in [2.05, 4.69) is 15.1 Å². The van der Waals surface area contributed by atoms with Crippen molar-refractivity contribution in [1.29, 1.82) is 0 Å². The first-order chi connectivity index (χ1) is 12.1. The number of amides is 1. The fourth-order valence-electron chi connectivity index (χ4n) is 3.09. The normalized spacial score (nSPS) is 17.2. The smallest absolute Gasteiger partial charge is 0.264 e. The van der Waals surface area contributed by atoms with Crippen LogP contribution in [0.5, 0.6) is 0 Å². The van der Waals surface area contributed by atoms with Gasteiger partial charge < -0.3 is 14.4 Å². The van der Waals surface area contributed by atoms with Gasteiger partial charge in [0.1, 0.15) is 11.4 Å². The Morgan fingerprint density at radius 3 is 3.04 bits per heavy atom. The van der Waals surface area contributed by atoms with Crippen LogP contribution in [0.3, 0.4) is 0 Å². The third-order valence-corrected chi connectivity index (χ3v) is 5.15. The number of carbonyl (C=O) groups is 1. The second-order valence-corrected chi connectivity index (χ2v) is 6.93. The van der Waals surface area contributed by atoms with Crippen LogP contribution in [0, 0.1) is 6.92 Å².